The summed E-state index contributed by atoms with van der Waals surface area (Å²) in [6.45, 7) is 0.109. The van der Waals surface area contributed by atoms with Crippen LogP contribution in [-0.2, 0) is 36.8 Å². The van der Waals surface area contributed by atoms with E-state index in [-0.39, 0.29) is 31.6 Å². The van der Waals surface area contributed by atoms with E-state index in [9.17, 15) is 39.3 Å². The number of amides is 3. The molecule has 0 spiro atoms. The van der Waals surface area contributed by atoms with Crippen LogP contribution in [0.25, 0.3) is 10.9 Å². The van der Waals surface area contributed by atoms with Crippen molar-refractivity contribution in [3.8, 4) is 5.75 Å². The molecule has 4 atom stereocenters. The number of hydrogen-bond acceptors (Lipinski definition) is 7. The van der Waals surface area contributed by atoms with Gasteiger partial charge in [0.2, 0.25) is 17.7 Å². The number of aliphatic carboxylic acids is 2. The fraction of sp³-hybridized carbons (Fsp3) is 0.345. The average Bonchev–Trinajstić information content (AvgIpc) is 3.61. The summed E-state index contributed by atoms with van der Waals surface area (Å²) < 4.78 is 0. The lowest BCUT2D eigenvalue weighted by molar-refractivity contribution is -0.150. The number of aromatic amines is 1. The lowest BCUT2D eigenvalue weighted by Crippen LogP contribution is -2.58. The predicted octanol–water partition coefficient (Wildman–Crippen LogP) is 0.506. The molecule has 42 heavy (non-hydrogen) atoms. The summed E-state index contributed by atoms with van der Waals surface area (Å²) in [6, 6.07) is 8.43. The number of nitrogens with zero attached hydrogens (tertiary/aromatic N) is 1. The van der Waals surface area contributed by atoms with Gasteiger partial charge in [-0.25, -0.2) is 4.79 Å². The Morgan fingerprint density at radius 2 is 1.64 bits per heavy atom. The van der Waals surface area contributed by atoms with Crippen molar-refractivity contribution in [2.45, 2.75) is 56.3 Å². The molecule has 4 rings (SSSR count). The number of nitrogens with two attached hydrogens (primary N) is 1. The molecule has 13 heteroatoms. The standard InChI is InChI=1S/C29H33N5O8/c30-20(13-17-15-31-21-5-2-1-4-19(17)21)26(38)32-22(12-16-7-9-18(35)10-8-16)27(39)33-23(14-25(36)37)28(40)34-11-3-6-24(34)29(41)42/h1-2,4-5,7-10,15,20,22-24,31,35H,3,6,11-14,30H2,(H,32,38)(H,33,39)(H,36,37)(H,41,42). The summed E-state index contributed by atoms with van der Waals surface area (Å²) >= 11 is 0. The second kappa shape index (κ2) is 13.2. The minimum Gasteiger partial charge on any atom is -0.508 e. The van der Waals surface area contributed by atoms with Gasteiger partial charge in [0.15, 0.2) is 0 Å². The molecule has 4 unspecified atom stereocenters. The fourth-order valence-electron chi connectivity index (χ4n) is 5.12. The summed E-state index contributed by atoms with van der Waals surface area (Å²) in [7, 11) is 0. The molecule has 2 aromatic carbocycles. The van der Waals surface area contributed by atoms with Crippen LogP contribution < -0.4 is 16.4 Å². The van der Waals surface area contributed by atoms with Crippen LogP contribution in [0, 0.1) is 0 Å². The highest BCUT2D eigenvalue weighted by molar-refractivity contribution is 5.96. The van der Waals surface area contributed by atoms with E-state index in [2.05, 4.69) is 15.6 Å². The van der Waals surface area contributed by atoms with Crippen LogP contribution in [-0.4, -0.2) is 85.6 Å². The van der Waals surface area contributed by atoms with Gasteiger partial charge in [-0.2, -0.15) is 0 Å². The second-order valence-corrected chi connectivity index (χ2v) is 10.3. The van der Waals surface area contributed by atoms with Crippen molar-refractivity contribution in [3.05, 3.63) is 65.9 Å². The highest BCUT2D eigenvalue weighted by atomic mass is 16.4. The van der Waals surface area contributed by atoms with Crippen LogP contribution in [0.1, 0.15) is 30.4 Å². The third-order valence-electron chi connectivity index (χ3n) is 7.27. The molecule has 3 amide bonds. The third-order valence-corrected chi connectivity index (χ3v) is 7.27. The second-order valence-electron chi connectivity index (χ2n) is 10.3. The van der Waals surface area contributed by atoms with Gasteiger partial charge in [-0.05, 0) is 48.6 Å². The Hall–Kier alpha value is -4.91. The summed E-state index contributed by atoms with van der Waals surface area (Å²) in [6.07, 6.45) is 1.70. The van der Waals surface area contributed by atoms with E-state index in [0.717, 1.165) is 21.4 Å². The van der Waals surface area contributed by atoms with Crippen molar-refractivity contribution in [1.82, 2.24) is 20.5 Å². The molecule has 2 heterocycles. The van der Waals surface area contributed by atoms with Crippen LogP contribution in [0.3, 0.4) is 0 Å². The van der Waals surface area contributed by atoms with E-state index < -0.39 is 60.2 Å². The van der Waals surface area contributed by atoms with Gasteiger partial charge in [0, 0.05) is 30.1 Å². The Balaban J connectivity index is 1.52. The molecule has 13 nitrogen and oxygen atoms in total. The Labute approximate surface area is 240 Å². The lowest BCUT2D eigenvalue weighted by Gasteiger charge is -2.28. The van der Waals surface area contributed by atoms with Gasteiger partial charge in [0.05, 0.1) is 12.5 Å². The average molecular weight is 580 g/mol. The molecule has 1 fully saturated rings. The molecular formula is C29H33N5O8. The Morgan fingerprint density at radius 1 is 0.952 bits per heavy atom. The number of nitrogens with one attached hydrogen (secondary N) is 3. The molecule has 0 saturated carbocycles. The van der Waals surface area contributed by atoms with Gasteiger partial charge in [0.25, 0.3) is 0 Å². The van der Waals surface area contributed by atoms with Gasteiger partial charge in [-0.15, -0.1) is 0 Å². The first-order valence-electron chi connectivity index (χ1n) is 13.5. The van der Waals surface area contributed by atoms with E-state index in [1.807, 2.05) is 24.3 Å². The number of benzene rings is 2. The number of carbonyl (C=O) groups is 5. The maximum atomic E-state index is 13.5. The fourth-order valence-corrected chi connectivity index (χ4v) is 5.12. The topological polar surface area (TPSA) is 215 Å². The van der Waals surface area contributed by atoms with Gasteiger partial charge >= 0.3 is 11.9 Å². The molecule has 1 aromatic heterocycles. The molecule has 222 valence electrons. The number of carboxylic acids is 2. The molecule has 1 saturated heterocycles. The molecule has 0 bridgehead atoms. The van der Waals surface area contributed by atoms with Gasteiger partial charge in [-0.1, -0.05) is 30.3 Å². The van der Waals surface area contributed by atoms with Gasteiger partial charge in [-0.3, -0.25) is 19.2 Å². The maximum absolute atomic E-state index is 13.5. The number of fused-ring (bicyclic) bond motifs is 1. The van der Waals surface area contributed by atoms with Crippen molar-refractivity contribution in [2.24, 2.45) is 5.73 Å². The van der Waals surface area contributed by atoms with E-state index in [1.165, 1.54) is 12.1 Å². The summed E-state index contributed by atoms with van der Waals surface area (Å²) in [4.78, 5) is 67.3. The number of carboxylic acid groups (broad SMARTS) is 2. The summed E-state index contributed by atoms with van der Waals surface area (Å²) in [5.74, 6) is -4.92. The smallest absolute Gasteiger partial charge is 0.326 e. The van der Waals surface area contributed by atoms with Crippen LogP contribution >= 0.6 is 0 Å². The number of phenolic OH excluding ortho intramolecular Hbond substituents is 1. The number of H-pyrrole nitrogens is 1. The Morgan fingerprint density at radius 3 is 2.33 bits per heavy atom. The van der Waals surface area contributed by atoms with E-state index in [4.69, 9.17) is 5.73 Å². The quantitative estimate of drug-likeness (QED) is 0.159. The van der Waals surface area contributed by atoms with Crippen molar-refractivity contribution in [1.29, 1.82) is 0 Å². The largest absolute Gasteiger partial charge is 0.508 e. The van der Waals surface area contributed by atoms with Crippen LogP contribution in [0.5, 0.6) is 5.75 Å². The van der Waals surface area contributed by atoms with E-state index in [0.29, 0.717) is 12.0 Å². The first kappa shape index (κ1) is 30.1. The molecule has 1 aliphatic rings. The highest BCUT2D eigenvalue weighted by Gasteiger charge is 2.39. The molecule has 8 N–H and O–H groups in total. The number of rotatable bonds is 12. The molecule has 3 aromatic rings. The molecule has 1 aliphatic heterocycles. The van der Waals surface area contributed by atoms with Crippen molar-refractivity contribution < 1.29 is 39.3 Å². The number of carbonyl (C=O) groups excluding carboxylic acids is 3. The minimum absolute atomic E-state index is 0.00439. The summed E-state index contributed by atoms with van der Waals surface area (Å²) in [5, 5.41) is 34.5. The minimum atomic E-state index is -1.56. The molecule has 0 radical (unpaired) electrons. The zero-order valence-corrected chi connectivity index (χ0v) is 22.7. The normalized spacial score (nSPS) is 16.9. The van der Waals surface area contributed by atoms with Crippen LogP contribution in [0.2, 0.25) is 0 Å². The first-order chi connectivity index (χ1) is 20.0. The number of aromatic nitrogens is 1. The third kappa shape index (κ3) is 7.23. The van der Waals surface area contributed by atoms with Gasteiger partial charge in [0.1, 0.15) is 23.9 Å². The van der Waals surface area contributed by atoms with Crippen molar-refractivity contribution in [2.75, 3.05) is 6.54 Å². The molecular weight excluding hydrogens is 546 g/mol. The number of phenols is 1. The number of para-hydroxylation sites is 1. The Kier molecular flexibility index (Phi) is 9.42. The lowest BCUT2D eigenvalue weighted by atomic mass is 10.0. The maximum Gasteiger partial charge on any atom is 0.326 e. The van der Waals surface area contributed by atoms with E-state index >= 15 is 0 Å². The van der Waals surface area contributed by atoms with Crippen molar-refractivity contribution >= 4 is 40.6 Å². The van der Waals surface area contributed by atoms with Crippen molar-refractivity contribution in [3.63, 3.8) is 0 Å². The predicted molar refractivity (Wildman–Crippen MR) is 150 cm³/mol. The zero-order valence-electron chi connectivity index (χ0n) is 22.7. The summed E-state index contributed by atoms with van der Waals surface area (Å²) in [5.41, 5.74) is 8.46. The van der Waals surface area contributed by atoms with Gasteiger partial charge < -0.3 is 41.6 Å². The van der Waals surface area contributed by atoms with E-state index in [1.54, 1.807) is 18.3 Å². The number of hydrogen-bond donors (Lipinski definition) is 7. The first-order valence-corrected chi connectivity index (χ1v) is 13.5. The highest BCUT2D eigenvalue weighted by Crippen LogP contribution is 2.21. The zero-order chi connectivity index (χ0) is 30.4. The Bertz CT molecular complexity index is 1470. The molecule has 0 aliphatic carbocycles. The van der Waals surface area contributed by atoms with Crippen LogP contribution in [0.4, 0.5) is 0 Å². The monoisotopic (exact) mass is 579 g/mol. The SMILES string of the molecule is NC(Cc1c[nH]c2ccccc12)C(=O)NC(Cc1ccc(O)cc1)C(=O)NC(CC(=O)O)C(=O)N1CCCC1C(=O)O. The number of likely N-dealkylation sites (tertiary alicyclic amines) is 1. The number of aromatic hydroxyl groups is 1. The van der Waals surface area contributed by atoms with Crippen LogP contribution in [0.15, 0.2) is 54.7 Å².